The molecule has 4 N–H and O–H groups in total. The van der Waals surface area contributed by atoms with Gasteiger partial charge in [-0.25, -0.2) is 0 Å². The maximum Gasteiger partial charge on any atom is 0.278 e. The van der Waals surface area contributed by atoms with E-state index >= 15 is 0 Å². The highest BCUT2D eigenvalue weighted by Gasteiger charge is 2.15. The molecule has 0 aliphatic rings. The van der Waals surface area contributed by atoms with Gasteiger partial charge in [0.05, 0.1) is 11.4 Å². The minimum atomic E-state index is -0.310. The number of nitrogens with zero attached hydrogens (tertiary/aromatic N) is 1. The van der Waals surface area contributed by atoms with Crippen LogP contribution in [0.2, 0.25) is 0 Å². The summed E-state index contributed by atoms with van der Waals surface area (Å²) in [5, 5.41) is 9.35. The van der Waals surface area contributed by atoms with Crippen LogP contribution in [0.25, 0.3) is 0 Å². The number of nitrogen functional groups attached to an aromatic ring is 1. The second-order valence-electron chi connectivity index (χ2n) is 3.80. The number of nitrogens with two attached hydrogens (primary N) is 1. The normalized spacial score (nSPS) is 10.3. The number of thioether (sulfide) groups is 1. The first-order chi connectivity index (χ1) is 8.61. The summed E-state index contributed by atoms with van der Waals surface area (Å²) >= 11 is 1.62. The van der Waals surface area contributed by atoms with Crippen LogP contribution in [0.15, 0.2) is 29.2 Å². The minimum Gasteiger partial charge on any atom is -0.395 e. The zero-order valence-corrected chi connectivity index (χ0v) is 11.0. The molecule has 2 aromatic rings. The van der Waals surface area contributed by atoms with Crippen LogP contribution in [-0.4, -0.2) is 22.4 Å². The molecule has 1 amide bonds. The van der Waals surface area contributed by atoms with Crippen LogP contribution in [0.5, 0.6) is 0 Å². The Bertz CT molecular complexity index is 579. The van der Waals surface area contributed by atoms with Crippen molar-refractivity contribution in [2.24, 2.45) is 0 Å². The van der Waals surface area contributed by atoms with Gasteiger partial charge in [-0.2, -0.15) is 5.10 Å². The van der Waals surface area contributed by atoms with Crippen molar-refractivity contribution in [1.82, 2.24) is 10.2 Å². The van der Waals surface area contributed by atoms with Crippen molar-refractivity contribution >= 4 is 29.0 Å². The van der Waals surface area contributed by atoms with E-state index in [0.717, 1.165) is 10.6 Å². The number of benzene rings is 1. The van der Waals surface area contributed by atoms with Crippen LogP contribution in [0.3, 0.4) is 0 Å². The molecular formula is C12H14N4OS. The van der Waals surface area contributed by atoms with E-state index in [0.29, 0.717) is 11.4 Å². The number of rotatable bonds is 3. The third kappa shape index (κ3) is 2.48. The molecule has 0 fully saturated rings. The van der Waals surface area contributed by atoms with Gasteiger partial charge in [-0.3, -0.25) is 9.89 Å². The minimum absolute atomic E-state index is 0.224. The lowest BCUT2D eigenvalue weighted by Gasteiger charge is -2.05. The van der Waals surface area contributed by atoms with E-state index in [4.69, 9.17) is 5.73 Å². The molecular weight excluding hydrogens is 248 g/mol. The number of carbonyl (C=O) groups is 1. The fourth-order valence-electron chi connectivity index (χ4n) is 1.50. The molecule has 0 spiro atoms. The van der Waals surface area contributed by atoms with Crippen LogP contribution in [0.1, 0.15) is 16.2 Å². The largest absolute Gasteiger partial charge is 0.395 e. The van der Waals surface area contributed by atoms with Crippen molar-refractivity contribution in [3.63, 3.8) is 0 Å². The van der Waals surface area contributed by atoms with Gasteiger partial charge in [0, 0.05) is 10.6 Å². The number of hydrogen-bond acceptors (Lipinski definition) is 4. The summed E-state index contributed by atoms with van der Waals surface area (Å²) in [5.74, 6) is -0.310. The number of H-pyrrole nitrogens is 1. The lowest BCUT2D eigenvalue weighted by Crippen LogP contribution is -2.14. The van der Waals surface area contributed by atoms with E-state index in [1.807, 2.05) is 30.5 Å². The van der Waals surface area contributed by atoms with Crippen molar-refractivity contribution in [3.8, 4) is 0 Å². The van der Waals surface area contributed by atoms with Crippen LogP contribution in [0.4, 0.5) is 11.4 Å². The highest BCUT2D eigenvalue weighted by molar-refractivity contribution is 7.98. The number of aryl methyl sites for hydroxylation is 1. The van der Waals surface area contributed by atoms with Crippen molar-refractivity contribution < 1.29 is 4.79 Å². The molecule has 0 unspecified atom stereocenters. The quantitative estimate of drug-likeness (QED) is 0.741. The number of hydrogen-bond donors (Lipinski definition) is 3. The number of aromatic nitrogens is 2. The first-order valence-electron chi connectivity index (χ1n) is 5.37. The topological polar surface area (TPSA) is 83.8 Å². The third-order valence-corrected chi connectivity index (χ3v) is 3.26. The fourth-order valence-corrected chi connectivity index (χ4v) is 1.96. The Morgan fingerprint density at radius 3 is 2.89 bits per heavy atom. The van der Waals surface area contributed by atoms with E-state index in [9.17, 15) is 4.79 Å². The molecule has 0 radical (unpaired) electrons. The predicted octanol–water partition coefficient (Wildman–Crippen LogP) is 2.27. The summed E-state index contributed by atoms with van der Waals surface area (Å²) in [6.07, 6.45) is 1.98. The first kappa shape index (κ1) is 12.5. The average Bonchev–Trinajstić information content (AvgIpc) is 2.70. The Hall–Kier alpha value is -1.95. The Balaban J connectivity index is 2.18. The molecule has 2 rings (SSSR count). The third-order valence-electron chi connectivity index (χ3n) is 2.54. The summed E-state index contributed by atoms with van der Waals surface area (Å²) in [6.45, 7) is 1.77. The molecule has 94 valence electrons. The van der Waals surface area contributed by atoms with Crippen molar-refractivity contribution in [2.75, 3.05) is 17.3 Å². The smallest absolute Gasteiger partial charge is 0.278 e. The van der Waals surface area contributed by atoms with Gasteiger partial charge in [-0.1, -0.05) is 6.07 Å². The van der Waals surface area contributed by atoms with E-state index in [-0.39, 0.29) is 11.6 Å². The summed E-state index contributed by atoms with van der Waals surface area (Å²) in [4.78, 5) is 13.0. The monoisotopic (exact) mass is 262 g/mol. The summed E-state index contributed by atoms with van der Waals surface area (Å²) in [5.41, 5.74) is 7.78. The number of aromatic amines is 1. The molecule has 0 aliphatic carbocycles. The summed E-state index contributed by atoms with van der Waals surface area (Å²) < 4.78 is 0. The molecule has 0 aliphatic heterocycles. The first-order valence-corrected chi connectivity index (χ1v) is 6.60. The van der Waals surface area contributed by atoms with E-state index in [1.54, 1.807) is 18.7 Å². The Kier molecular flexibility index (Phi) is 3.57. The average molecular weight is 262 g/mol. The highest BCUT2D eigenvalue weighted by atomic mass is 32.2. The van der Waals surface area contributed by atoms with Gasteiger partial charge in [-0.15, -0.1) is 11.8 Å². The predicted molar refractivity (Wildman–Crippen MR) is 73.9 cm³/mol. The standard InChI is InChI=1S/C12H14N4OS/c1-7-10(13)11(16-15-7)12(17)14-8-4-3-5-9(6-8)18-2/h3-6H,13H2,1-2H3,(H,14,17)(H,15,16). The second kappa shape index (κ2) is 5.14. The maximum atomic E-state index is 12.0. The van der Waals surface area contributed by atoms with Crippen LogP contribution in [0, 0.1) is 6.92 Å². The van der Waals surface area contributed by atoms with Gasteiger partial charge in [0.2, 0.25) is 0 Å². The van der Waals surface area contributed by atoms with Crippen molar-refractivity contribution in [2.45, 2.75) is 11.8 Å². The number of carbonyl (C=O) groups excluding carboxylic acids is 1. The van der Waals surface area contributed by atoms with Gasteiger partial charge in [0.15, 0.2) is 5.69 Å². The van der Waals surface area contributed by atoms with Gasteiger partial charge in [0.25, 0.3) is 5.91 Å². The van der Waals surface area contributed by atoms with Gasteiger partial charge < -0.3 is 11.1 Å². The Morgan fingerprint density at radius 1 is 1.50 bits per heavy atom. The molecule has 0 bridgehead atoms. The van der Waals surface area contributed by atoms with Crippen molar-refractivity contribution in [1.29, 1.82) is 0 Å². The zero-order valence-electron chi connectivity index (χ0n) is 10.2. The molecule has 0 atom stereocenters. The Labute approximate surface area is 109 Å². The number of anilines is 2. The SMILES string of the molecule is CSc1cccc(NC(=O)c2n[nH]c(C)c2N)c1. The van der Waals surface area contributed by atoms with Crippen molar-refractivity contribution in [3.05, 3.63) is 35.7 Å². The molecule has 6 heteroatoms. The molecule has 1 heterocycles. The number of nitrogens with one attached hydrogen (secondary N) is 2. The van der Waals surface area contributed by atoms with Crippen LogP contribution < -0.4 is 11.1 Å². The summed E-state index contributed by atoms with van der Waals surface area (Å²) in [6, 6.07) is 7.60. The van der Waals surface area contributed by atoms with Crippen LogP contribution in [-0.2, 0) is 0 Å². The lowest BCUT2D eigenvalue weighted by atomic mass is 10.2. The molecule has 1 aromatic carbocycles. The van der Waals surface area contributed by atoms with E-state index < -0.39 is 0 Å². The zero-order chi connectivity index (χ0) is 13.1. The molecule has 1 aromatic heterocycles. The lowest BCUT2D eigenvalue weighted by molar-refractivity contribution is 0.102. The molecule has 5 nitrogen and oxygen atoms in total. The van der Waals surface area contributed by atoms with Gasteiger partial charge >= 0.3 is 0 Å². The van der Waals surface area contributed by atoms with E-state index in [2.05, 4.69) is 15.5 Å². The number of amides is 1. The van der Waals surface area contributed by atoms with Crippen LogP contribution >= 0.6 is 11.8 Å². The molecule has 0 saturated carbocycles. The summed E-state index contributed by atoms with van der Waals surface area (Å²) in [7, 11) is 0. The maximum absolute atomic E-state index is 12.0. The van der Waals surface area contributed by atoms with Gasteiger partial charge in [0.1, 0.15) is 0 Å². The highest BCUT2D eigenvalue weighted by Crippen LogP contribution is 2.20. The molecule has 18 heavy (non-hydrogen) atoms. The fraction of sp³-hybridized carbons (Fsp3) is 0.167. The van der Waals surface area contributed by atoms with E-state index in [1.165, 1.54) is 0 Å². The molecule has 0 saturated heterocycles. The second-order valence-corrected chi connectivity index (χ2v) is 4.68. The van der Waals surface area contributed by atoms with Gasteiger partial charge in [-0.05, 0) is 31.4 Å². The Morgan fingerprint density at radius 2 is 2.28 bits per heavy atom.